The normalized spacial score (nSPS) is 13.8. The lowest BCUT2D eigenvalue weighted by atomic mass is 10.0. The van der Waals surface area contributed by atoms with Gasteiger partial charge in [-0.05, 0) is 36.6 Å². The summed E-state index contributed by atoms with van der Waals surface area (Å²) < 4.78 is 5.96. The van der Waals surface area contributed by atoms with Crippen molar-refractivity contribution in [3.05, 3.63) is 42.0 Å². The zero-order valence-corrected chi connectivity index (χ0v) is 12.5. The van der Waals surface area contributed by atoms with Gasteiger partial charge < -0.3 is 10.1 Å². The smallest absolute Gasteiger partial charge is 0.124 e. The van der Waals surface area contributed by atoms with Crippen LogP contribution in [-0.4, -0.2) is 12.6 Å². The second-order valence-corrected chi connectivity index (χ2v) is 5.44. The summed E-state index contributed by atoms with van der Waals surface area (Å²) in [4.78, 5) is 0. The van der Waals surface area contributed by atoms with Crippen molar-refractivity contribution in [2.75, 3.05) is 6.61 Å². The number of rotatable bonds is 6. The van der Waals surface area contributed by atoms with Crippen molar-refractivity contribution in [1.82, 2.24) is 5.32 Å². The minimum atomic E-state index is 0.648. The molecule has 0 amide bonds. The van der Waals surface area contributed by atoms with E-state index in [4.69, 9.17) is 4.74 Å². The van der Waals surface area contributed by atoms with Gasteiger partial charge in [-0.25, -0.2) is 0 Å². The van der Waals surface area contributed by atoms with Gasteiger partial charge in [-0.3, -0.25) is 0 Å². The molecule has 1 fully saturated rings. The second kappa shape index (κ2) is 6.65. The van der Waals surface area contributed by atoms with E-state index < -0.39 is 0 Å². The molecule has 0 spiro atoms. The molecule has 0 saturated heterocycles. The molecule has 1 aliphatic carbocycles. The van der Waals surface area contributed by atoms with Crippen molar-refractivity contribution in [3.8, 4) is 17.6 Å². The van der Waals surface area contributed by atoms with Crippen molar-refractivity contribution in [2.24, 2.45) is 0 Å². The number of nitrogens with one attached hydrogen (secondary N) is 1. The van der Waals surface area contributed by atoms with Gasteiger partial charge in [0.1, 0.15) is 5.75 Å². The van der Waals surface area contributed by atoms with Crippen molar-refractivity contribution >= 4 is 10.8 Å². The van der Waals surface area contributed by atoms with E-state index in [0.717, 1.165) is 18.7 Å². The van der Waals surface area contributed by atoms with Gasteiger partial charge >= 0.3 is 0 Å². The Labute approximate surface area is 126 Å². The Morgan fingerprint density at radius 3 is 2.86 bits per heavy atom. The first-order valence-electron chi connectivity index (χ1n) is 7.65. The van der Waals surface area contributed by atoms with Gasteiger partial charge in [0.15, 0.2) is 0 Å². The molecule has 0 unspecified atom stereocenters. The predicted octanol–water partition coefficient (Wildman–Crippen LogP) is 3.88. The molecule has 0 radical (unpaired) electrons. The van der Waals surface area contributed by atoms with Crippen LogP contribution in [0.1, 0.15) is 31.7 Å². The van der Waals surface area contributed by atoms with E-state index in [0.29, 0.717) is 12.6 Å². The predicted molar refractivity (Wildman–Crippen MR) is 87.4 cm³/mol. The van der Waals surface area contributed by atoms with Crippen molar-refractivity contribution in [1.29, 1.82) is 0 Å². The molecule has 2 aromatic rings. The Kier molecular flexibility index (Phi) is 4.43. The quantitative estimate of drug-likeness (QED) is 0.640. The largest absolute Gasteiger partial charge is 0.492 e. The Morgan fingerprint density at radius 1 is 1.19 bits per heavy atom. The van der Waals surface area contributed by atoms with Gasteiger partial charge in [-0.1, -0.05) is 30.3 Å². The Bertz CT molecular complexity index is 677. The molecule has 2 aromatic carbocycles. The van der Waals surface area contributed by atoms with E-state index in [2.05, 4.69) is 53.6 Å². The highest BCUT2D eigenvalue weighted by Crippen LogP contribution is 2.29. The van der Waals surface area contributed by atoms with Crippen molar-refractivity contribution < 1.29 is 4.74 Å². The van der Waals surface area contributed by atoms with Gasteiger partial charge in [-0.2, -0.15) is 0 Å². The van der Waals surface area contributed by atoms with Crippen LogP contribution in [0.2, 0.25) is 0 Å². The van der Waals surface area contributed by atoms with Crippen LogP contribution in [0.15, 0.2) is 36.4 Å². The van der Waals surface area contributed by atoms with Crippen LogP contribution < -0.4 is 10.1 Å². The number of ether oxygens (including phenoxy) is 1. The van der Waals surface area contributed by atoms with Gasteiger partial charge in [0, 0.05) is 24.6 Å². The van der Waals surface area contributed by atoms with Gasteiger partial charge in [0.2, 0.25) is 0 Å². The van der Waals surface area contributed by atoms with E-state index in [1.807, 2.05) is 6.92 Å². The topological polar surface area (TPSA) is 21.3 Å². The van der Waals surface area contributed by atoms with E-state index in [1.165, 1.54) is 29.2 Å². The molecule has 0 bridgehead atoms. The Morgan fingerprint density at radius 2 is 2.05 bits per heavy atom. The summed E-state index contributed by atoms with van der Waals surface area (Å²) in [5.41, 5.74) is 1.27. The minimum absolute atomic E-state index is 0.648. The first-order chi connectivity index (χ1) is 10.4. The third-order valence-electron chi connectivity index (χ3n) is 3.80. The maximum Gasteiger partial charge on any atom is 0.124 e. The fourth-order valence-electron chi connectivity index (χ4n) is 2.50. The molecule has 108 valence electrons. The van der Waals surface area contributed by atoms with Crippen LogP contribution >= 0.6 is 0 Å². The average molecular weight is 279 g/mol. The lowest BCUT2D eigenvalue weighted by Crippen LogP contribution is -2.16. The molecule has 1 saturated carbocycles. The number of hydrogen-bond donors (Lipinski definition) is 1. The third-order valence-corrected chi connectivity index (χ3v) is 3.80. The highest BCUT2D eigenvalue weighted by molar-refractivity contribution is 5.87. The average Bonchev–Trinajstić information content (AvgIpc) is 3.34. The zero-order valence-electron chi connectivity index (χ0n) is 12.5. The summed E-state index contributed by atoms with van der Waals surface area (Å²) in [7, 11) is 0. The van der Waals surface area contributed by atoms with Crippen LogP contribution in [0.4, 0.5) is 0 Å². The molecule has 1 aliphatic rings. The lowest BCUT2D eigenvalue weighted by molar-refractivity contribution is 0.323. The molecule has 0 aliphatic heterocycles. The minimum Gasteiger partial charge on any atom is -0.492 e. The van der Waals surface area contributed by atoms with E-state index in [1.54, 1.807) is 0 Å². The van der Waals surface area contributed by atoms with Crippen LogP contribution in [0, 0.1) is 11.8 Å². The standard InChI is InChI=1S/C19H21NO/c1-2-3-6-13-21-19-12-9-15-7-4-5-8-17(15)18(19)14-20-16-10-11-16/h4-5,7-9,12,16,20H,6,10-11,13-14H2,1H3. The number of hydrogen-bond acceptors (Lipinski definition) is 2. The molecular formula is C19H21NO. The molecule has 0 heterocycles. The maximum absolute atomic E-state index is 5.96. The second-order valence-electron chi connectivity index (χ2n) is 5.44. The maximum atomic E-state index is 5.96. The lowest BCUT2D eigenvalue weighted by Gasteiger charge is -2.14. The van der Waals surface area contributed by atoms with Crippen LogP contribution in [0.3, 0.4) is 0 Å². The molecule has 3 rings (SSSR count). The van der Waals surface area contributed by atoms with Gasteiger partial charge in [0.05, 0.1) is 6.61 Å². The van der Waals surface area contributed by atoms with Crippen molar-refractivity contribution in [3.63, 3.8) is 0 Å². The summed E-state index contributed by atoms with van der Waals surface area (Å²) in [6.07, 6.45) is 3.37. The molecule has 0 aromatic heterocycles. The van der Waals surface area contributed by atoms with E-state index >= 15 is 0 Å². The summed E-state index contributed by atoms with van der Waals surface area (Å²) in [5, 5.41) is 6.15. The van der Waals surface area contributed by atoms with E-state index in [-0.39, 0.29) is 0 Å². The summed E-state index contributed by atoms with van der Waals surface area (Å²) in [6.45, 7) is 3.39. The Balaban J connectivity index is 1.84. The highest BCUT2D eigenvalue weighted by atomic mass is 16.5. The van der Waals surface area contributed by atoms with E-state index in [9.17, 15) is 0 Å². The van der Waals surface area contributed by atoms with Gasteiger partial charge in [0.25, 0.3) is 0 Å². The Hall–Kier alpha value is -1.98. The molecule has 1 N–H and O–H groups in total. The zero-order chi connectivity index (χ0) is 14.5. The summed E-state index contributed by atoms with van der Waals surface area (Å²) in [5.74, 6) is 6.93. The number of benzene rings is 2. The number of fused-ring (bicyclic) bond motifs is 1. The molecule has 21 heavy (non-hydrogen) atoms. The molecule has 2 heteroatoms. The third kappa shape index (κ3) is 3.56. The van der Waals surface area contributed by atoms with Crippen LogP contribution in [-0.2, 0) is 6.54 Å². The first-order valence-corrected chi connectivity index (χ1v) is 7.65. The van der Waals surface area contributed by atoms with Gasteiger partial charge in [-0.15, -0.1) is 11.8 Å². The van der Waals surface area contributed by atoms with Crippen LogP contribution in [0.5, 0.6) is 5.75 Å². The molecule has 0 atom stereocenters. The van der Waals surface area contributed by atoms with Crippen molar-refractivity contribution in [2.45, 2.75) is 38.8 Å². The summed E-state index contributed by atoms with van der Waals surface area (Å²) in [6, 6.07) is 13.4. The SMILES string of the molecule is CC#CCCOc1ccc2ccccc2c1CNC1CC1. The molecule has 2 nitrogen and oxygen atoms in total. The van der Waals surface area contributed by atoms with Crippen LogP contribution in [0.25, 0.3) is 10.8 Å². The fraction of sp³-hybridized carbons (Fsp3) is 0.368. The monoisotopic (exact) mass is 279 g/mol. The highest BCUT2D eigenvalue weighted by Gasteiger charge is 2.21. The summed E-state index contributed by atoms with van der Waals surface area (Å²) >= 11 is 0. The fourth-order valence-corrected chi connectivity index (χ4v) is 2.50. The molecular weight excluding hydrogens is 258 g/mol. The first kappa shape index (κ1) is 14.0.